The van der Waals surface area contributed by atoms with Crippen LogP contribution in [0.1, 0.15) is 6.92 Å². The van der Waals surface area contributed by atoms with Crippen LogP contribution in [0, 0.1) is 12.3 Å². The number of piperidine rings is 1. The molecule has 2 atom stereocenters. The van der Waals surface area contributed by atoms with Crippen LogP contribution < -0.4 is 11.1 Å². The molecule has 1 aliphatic rings. The molecule has 0 bridgehead atoms. The lowest BCUT2D eigenvalue weighted by atomic mass is 9.99. The van der Waals surface area contributed by atoms with E-state index in [-0.39, 0.29) is 6.04 Å². The Balaban J connectivity index is 2.23. The predicted molar refractivity (Wildman–Crippen MR) is 34.3 cm³/mol. The van der Waals surface area contributed by atoms with Crippen molar-refractivity contribution in [3.05, 3.63) is 6.42 Å². The molecule has 0 aromatic rings. The van der Waals surface area contributed by atoms with Crippen molar-refractivity contribution in [2.45, 2.75) is 13.0 Å². The van der Waals surface area contributed by atoms with Gasteiger partial charge in [-0.05, 0) is 18.9 Å². The molecule has 1 radical (unpaired) electrons. The lowest BCUT2D eigenvalue weighted by Crippen LogP contribution is -2.43. The van der Waals surface area contributed by atoms with Crippen LogP contribution in [0.3, 0.4) is 0 Å². The number of rotatable bonds is 0. The maximum Gasteiger partial charge on any atom is 0.0200 e. The third-order valence-electron chi connectivity index (χ3n) is 1.42. The van der Waals surface area contributed by atoms with Gasteiger partial charge in [0.15, 0.2) is 0 Å². The first-order valence-electron chi connectivity index (χ1n) is 3.10. The molecular weight excluding hydrogens is 100 g/mol. The van der Waals surface area contributed by atoms with Crippen molar-refractivity contribution in [1.82, 2.24) is 5.32 Å². The lowest BCUT2D eigenvalue weighted by molar-refractivity contribution is 0.455. The Labute approximate surface area is 50.4 Å². The van der Waals surface area contributed by atoms with E-state index in [1.165, 1.54) is 0 Å². The highest BCUT2D eigenvalue weighted by Crippen LogP contribution is 2.04. The Morgan fingerprint density at radius 2 is 2.38 bits per heavy atom. The molecule has 2 unspecified atom stereocenters. The first kappa shape index (κ1) is 6.05. The fourth-order valence-corrected chi connectivity index (χ4v) is 1.04. The van der Waals surface area contributed by atoms with Gasteiger partial charge in [0.05, 0.1) is 0 Å². The van der Waals surface area contributed by atoms with Crippen molar-refractivity contribution in [3.8, 4) is 0 Å². The molecule has 3 N–H and O–H groups in total. The van der Waals surface area contributed by atoms with Crippen LogP contribution >= 0.6 is 0 Å². The first-order valence-corrected chi connectivity index (χ1v) is 3.10. The van der Waals surface area contributed by atoms with Gasteiger partial charge in [0.2, 0.25) is 0 Å². The van der Waals surface area contributed by atoms with Crippen LogP contribution in [0.4, 0.5) is 0 Å². The van der Waals surface area contributed by atoms with Crippen LogP contribution in [-0.4, -0.2) is 19.1 Å². The maximum absolute atomic E-state index is 5.61. The summed E-state index contributed by atoms with van der Waals surface area (Å²) in [6.45, 7) is 4.21. The molecule has 0 aromatic heterocycles. The second-order valence-electron chi connectivity index (χ2n) is 2.49. The zero-order valence-electron chi connectivity index (χ0n) is 5.22. The summed E-state index contributed by atoms with van der Waals surface area (Å²) in [5.74, 6) is 0.652. The van der Waals surface area contributed by atoms with Gasteiger partial charge in [0.1, 0.15) is 0 Å². The van der Waals surface area contributed by atoms with E-state index in [4.69, 9.17) is 5.73 Å². The summed E-state index contributed by atoms with van der Waals surface area (Å²) in [4.78, 5) is 0. The van der Waals surface area contributed by atoms with E-state index >= 15 is 0 Å². The molecule has 0 aliphatic carbocycles. The second kappa shape index (κ2) is 2.46. The van der Waals surface area contributed by atoms with Gasteiger partial charge in [-0.15, -0.1) is 0 Å². The van der Waals surface area contributed by atoms with Crippen molar-refractivity contribution in [2.75, 3.05) is 13.1 Å². The summed E-state index contributed by atoms with van der Waals surface area (Å²) in [6, 6.07) is 0.277. The van der Waals surface area contributed by atoms with Gasteiger partial charge in [0.25, 0.3) is 0 Å². The fourth-order valence-electron chi connectivity index (χ4n) is 1.04. The molecule has 0 spiro atoms. The minimum atomic E-state index is 0.277. The second-order valence-corrected chi connectivity index (χ2v) is 2.49. The molecule has 8 heavy (non-hydrogen) atoms. The highest BCUT2D eigenvalue weighted by molar-refractivity contribution is 4.91. The lowest BCUT2D eigenvalue weighted by Gasteiger charge is -2.23. The summed E-state index contributed by atoms with van der Waals surface area (Å²) in [5.41, 5.74) is 5.61. The Morgan fingerprint density at radius 3 is 2.75 bits per heavy atom. The van der Waals surface area contributed by atoms with Crippen molar-refractivity contribution < 1.29 is 0 Å². The van der Waals surface area contributed by atoms with E-state index < -0.39 is 0 Å². The van der Waals surface area contributed by atoms with Gasteiger partial charge in [-0.2, -0.15) is 0 Å². The number of hydrogen-bond acceptors (Lipinski definition) is 2. The molecule has 1 fully saturated rings. The van der Waals surface area contributed by atoms with E-state index in [1.807, 2.05) is 0 Å². The summed E-state index contributed by atoms with van der Waals surface area (Å²) in [7, 11) is 0. The van der Waals surface area contributed by atoms with Crippen LogP contribution in [0.25, 0.3) is 0 Å². The average molecular weight is 113 g/mol. The van der Waals surface area contributed by atoms with E-state index in [9.17, 15) is 0 Å². The largest absolute Gasteiger partial charge is 0.326 e. The third-order valence-corrected chi connectivity index (χ3v) is 1.42. The summed E-state index contributed by atoms with van der Waals surface area (Å²) in [5, 5.41) is 3.23. The van der Waals surface area contributed by atoms with Gasteiger partial charge in [-0.3, -0.25) is 0 Å². The molecule has 1 rings (SSSR count). The highest BCUT2D eigenvalue weighted by Gasteiger charge is 2.13. The Kier molecular flexibility index (Phi) is 1.86. The molecule has 1 heterocycles. The highest BCUT2D eigenvalue weighted by atomic mass is 14.9. The normalized spacial score (nSPS) is 39.8. The number of hydrogen-bond donors (Lipinski definition) is 2. The van der Waals surface area contributed by atoms with Crippen LogP contribution in [0.5, 0.6) is 0 Å². The zero-order valence-corrected chi connectivity index (χ0v) is 5.22. The van der Waals surface area contributed by atoms with Gasteiger partial charge < -0.3 is 11.1 Å². The fraction of sp³-hybridized carbons (Fsp3) is 0.833. The molecule has 0 aromatic carbocycles. The Morgan fingerprint density at radius 1 is 1.62 bits per heavy atom. The van der Waals surface area contributed by atoms with Crippen LogP contribution in [0.15, 0.2) is 0 Å². The summed E-state index contributed by atoms with van der Waals surface area (Å²) < 4.78 is 0. The van der Waals surface area contributed by atoms with Crippen LogP contribution in [0.2, 0.25) is 0 Å². The monoisotopic (exact) mass is 113 g/mol. The van der Waals surface area contributed by atoms with E-state index in [2.05, 4.69) is 18.7 Å². The average Bonchev–Trinajstić information content (AvgIpc) is 1.64. The van der Waals surface area contributed by atoms with Crippen molar-refractivity contribution >= 4 is 0 Å². The quantitative estimate of drug-likeness (QED) is 0.455. The molecular formula is C6H13N2. The Bertz CT molecular complexity index is 64.9. The summed E-state index contributed by atoms with van der Waals surface area (Å²) in [6.07, 6.45) is 2.19. The topological polar surface area (TPSA) is 38.0 Å². The van der Waals surface area contributed by atoms with Gasteiger partial charge in [0, 0.05) is 12.6 Å². The SMILES string of the molecule is CC1[CH]C(N)CNC1. The van der Waals surface area contributed by atoms with E-state index in [1.54, 1.807) is 0 Å². The first-order chi connectivity index (χ1) is 3.79. The van der Waals surface area contributed by atoms with Gasteiger partial charge in [-0.25, -0.2) is 0 Å². The molecule has 47 valence electrons. The zero-order chi connectivity index (χ0) is 5.98. The van der Waals surface area contributed by atoms with Crippen molar-refractivity contribution in [1.29, 1.82) is 0 Å². The van der Waals surface area contributed by atoms with Crippen molar-refractivity contribution in [3.63, 3.8) is 0 Å². The third kappa shape index (κ3) is 1.46. The Hall–Kier alpha value is -0.0800. The predicted octanol–water partition coefficient (Wildman–Crippen LogP) is -0.243. The molecule has 1 saturated heterocycles. The molecule has 1 aliphatic heterocycles. The van der Waals surface area contributed by atoms with E-state index in [0.717, 1.165) is 13.1 Å². The minimum Gasteiger partial charge on any atom is -0.326 e. The van der Waals surface area contributed by atoms with Gasteiger partial charge >= 0.3 is 0 Å². The maximum atomic E-state index is 5.61. The minimum absolute atomic E-state index is 0.277. The molecule has 0 saturated carbocycles. The standard InChI is InChI=1S/C6H13N2/c1-5-2-6(7)4-8-3-5/h2,5-6,8H,3-4,7H2,1H3. The van der Waals surface area contributed by atoms with Gasteiger partial charge in [-0.1, -0.05) is 6.92 Å². The van der Waals surface area contributed by atoms with E-state index in [0.29, 0.717) is 5.92 Å². The molecule has 2 heteroatoms. The van der Waals surface area contributed by atoms with Crippen LogP contribution in [-0.2, 0) is 0 Å². The van der Waals surface area contributed by atoms with Crippen molar-refractivity contribution in [2.24, 2.45) is 11.7 Å². The smallest absolute Gasteiger partial charge is 0.0200 e. The molecule has 2 nitrogen and oxygen atoms in total. The molecule has 0 amide bonds. The summed E-state index contributed by atoms with van der Waals surface area (Å²) >= 11 is 0. The number of nitrogens with two attached hydrogens (primary N) is 1. The number of nitrogens with one attached hydrogen (secondary N) is 1.